The number of ether oxygens (including phenoxy) is 1. The van der Waals surface area contributed by atoms with Crippen molar-refractivity contribution in [2.45, 2.75) is 13.5 Å². The van der Waals surface area contributed by atoms with Crippen molar-refractivity contribution in [1.29, 1.82) is 0 Å². The Bertz CT molecular complexity index is 481. The van der Waals surface area contributed by atoms with Crippen LogP contribution in [0.5, 0.6) is 10.9 Å². The maximum Gasteiger partial charge on any atom is 0.280 e. The zero-order valence-electron chi connectivity index (χ0n) is 8.74. The van der Waals surface area contributed by atoms with Gasteiger partial charge in [-0.25, -0.2) is 0 Å². The van der Waals surface area contributed by atoms with Gasteiger partial charge in [-0.05, 0) is 19.1 Å². The molecule has 0 aliphatic carbocycles. The Morgan fingerprint density at radius 3 is 2.62 bits per heavy atom. The minimum atomic E-state index is 0.383. The molecule has 2 rings (SSSR count). The molecule has 0 atom stereocenters. The van der Waals surface area contributed by atoms with Crippen LogP contribution >= 0.6 is 22.9 Å². The highest BCUT2D eigenvalue weighted by atomic mass is 35.5. The molecule has 0 spiro atoms. The lowest BCUT2D eigenvalue weighted by atomic mass is 10.2. The first-order chi connectivity index (χ1) is 7.69. The van der Waals surface area contributed by atoms with E-state index in [4.69, 9.17) is 22.1 Å². The minimum absolute atomic E-state index is 0.383. The molecule has 3 nitrogen and oxygen atoms in total. The highest BCUT2D eigenvalue weighted by molar-refractivity contribution is 7.14. The van der Waals surface area contributed by atoms with Crippen molar-refractivity contribution in [2.24, 2.45) is 5.73 Å². The number of benzene rings is 1. The fraction of sp³-hybridized carbons (Fsp3) is 0.182. The standard InChI is InChI=1S/C11H11ClN2OS/c1-7-2-4-8(5-3-7)15-11-14-10(12)9(6-13)16-11/h2-5H,6,13H2,1H3. The molecule has 1 aromatic carbocycles. The molecule has 16 heavy (non-hydrogen) atoms. The van der Waals surface area contributed by atoms with Crippen molar-refractivity contribution in [2.75, 3.05) is 0 Å². The maximum absolute atomic E-state index is 5.88. The average Bonchev–Trinajstić information content (AvgIpc) is 2.62. The van der Waals surface area contributed by atoms with E-state index in [1.54, 1.807) is 0 Å². The fourth-order valence-electron chi connectivity index (χ4n) is 1.19. The van der Waals surface area contributed by atoms with Gasteiger partial charge in [0.05, 0.1) is 4.88 Å². The van der Waals surface area contributed by atoms with Crippen molar-refractivity contribution < 1.29 is 4.74 Å². The van der Waals surface area contributed by atoms with Gasteiger partial charge in [-0.3, -0.25) is 0 Å². The van der Waals surface area contributed by atoms with E-state index in [9.17, 15) is 0 Å². The van der Waals surface area contributed by atoms with Crippen molar-refractivity contribution in [1.82, 2.24) is 4.98 Å². The van der Waals surface area contributed by atoms with Gasteiger partial charge in [0.1, 0.15) is 10.9 Å². The summed E-state index contributed by atoms with van der Waals surface area (Å²) in [5, 5.41) is 0.948. The lowest BCUT2D eigenvalue weighted by molar-refractivity contribution is 0.479. The molecule has 0 saturated carbocycles. The van der Waals surface area contributed by atoms with Gasteiger partial charge >= 0.3 is 0 Å². The summed E-state index contributed by atoms with van der Waals surface area (Å²) in [5.74, 6) is 0.750. The first-order valence-corrected chi connectivity index (χ1v) is 5.98. The van der Waals surface area contributed by atoms with Gasteiger partial charge in [-0.1, -0.05) is 40.6 Å². The summed E-state index contributed by atoms with van der Waals surface area (Å²) in [6.07, 6.45) is 0. The maximum atomic E-state index is 5.88. The van der Waals surface area contributed by atoms with Gasteiger partial charge in [0.15, 0.2) is 0 Å². The molecular formula is C11H11ClN2OS. The fourth-order valence-corrected chi connectivity index (χ4v) is 2.21. The molecule has 0 bridgehead atoms. The summed E-state index contributed by atoms with van der Waals surface area (Å²) in [4.78, 5) is 4.92. The average molecular weight is 255 g/mol. The van der Waals surface area contributed by atoms with E-state index in [0.717, 1.165) is 10.6 Å². The summed E-state index contributed by atoms with van der Waals surface area (Å²) in [5.41, 5.74) is 6.69. The zero-order chi connectivity index (χ0) is 11.5. The number of hydrogen-bond donors (Lipinski definition) is 1. The van der Waals surface area contributed by atoms with Crippen LogP contribution < -0.4 is 10.5 Å². The van der Waals surface area contributed by atoms with Crippen molar-refractivity contribution in [3.05, 3.63) is 39.9 Å². The van der Waals surface area contributed by atoms with E-state index in [0.29, 0.717) is 16.9 Å². The number of aromatic nitrogens is 1. The molecule has 0 unspecified atom stereocenters. The molecule has 84 valence electrons. The van der Waals surface area contributed by atoms with E-state index in [1.165, 1.54) is 16.9 Å². The Hall–Kier alpha value is -1.10. The van der Waals surface area contributed by atoms with Crippen molar-refractivity contribution >= 4 is 22.9 Å². The molecule has 5 heteroatoms. The van der Waals surface area contributed by atoms with Gasteiger partial charge in [-0.2, -0.15) is 4.98 Å². The van der Waals surface area contributed by atoms with Crippen LogP contribution in [0.15, 0.2) is 24.3 Å². The van der Waals surface area contributed by atoms with E-state index >= 15 is 0 Å². The molecule has 0 saturated heterocycles. The molecule has 0 radical (unpaired) electrons. The second-order valence-corrected chi connectivity index (χ2v) is 4.72. The highest BCUT2D eigenvalue weighted by Gasteiger charge is 2.09. The molecule has 2 N–H and O–H groups in total. The third-order valence-corrected chi connectivity index (χ3v) is 3.42. The Kier molecular flexibility index (Phi) is 3.43. The number of halogens is 1. The quantitative estimate of drug-likeness (QED) is 0.914. The van der Waals surface area contributed by atoms with E-state index in [-0.39, 0.29) is 0 Å². The molecule has 1 heterocycles. The first kappa shape index (κ1) is 11.4. The summed E-state index contributed by atoms with van der Waals surface area (Å²) in [6, 6.07) is 7.75. The topological polar surface area (TPSA) is 48.1 Å². The predicted molar refractivity (Wildman–Crippen MR) is 66.3 cm³/mol. The number of nitrogens with two attached hydrogens (primary N) is 1. The van der Waals surface area contributed by atoms with Crippen LogP contribution in [0.4, 0.5) is 0 Å². The normalized spacial score (nSPS) is 10.4. The highest BCUT2D eigenvalue weighted by Crippen LogP contribution is 2.31. The van der Waals surface area contributed by atoms with Crippen LogP contribution in [0.25, 0.3) is 0 Å². The SMILES string of the molecule is Cc1ccc(Oc2nc(Cl)c(CN)s2)cc1. The number of thiazole rings is 1. The molecular weight excluding hydrogens is 244 g/mol. The van der Waals surface area contributed by atoms with Crippen LogP contribution in [0.2, 0.25) is 5.15 Å². The van der Waals surface area contributed by atoms with Gasteiger partial charge in [0.25, 0.3) is 5.19 Å². The molecule has 0 aliphatic heterocycles. The van der Waals surface area contributed by atoms with Gasteiger partial charge in [-0.15, -0.1) is 0 Å². The van der Waals surface area contributed by atoms with Crippen LogP contribution in [0.1, 0.15) is 10.4 Å². The largest absolute Gasteiger partial charge is 0.431 e. The summed E-state index contributed by atoms with van der Waals surface area (Å²) in [6.45, 7) is 2.41. The van der Waals surface area contributed by atoms with Crippen LogP contribution in [-0.2, 0) is 6.54 Å². The Balaban J connectivity index is 2.17. The van der Waals surface area contributed by atoms with E-state index < -0.39 is 0 Å². The third kappa shape index (κ3) is 2.52. The van der Waals surface area contributed by atoms with Gasteiger partial charge in [0.2, 0.25) is 0 Å². The monoisotopic (exact) mass is 254 g/mol. The molecule has 0 fully saturated rings. The van der Waals surface area contributed by atoms with Gasteiger partial charge < -0.3 is 10.5 Å². The minimum Gasteiger partial charge on any atom is -0.431 e. The van der Waals surface area contributed by atoms with E-state index in [1.807, 2.05) is 31.2 Å². The number of nitrogens with zero attached hydrogens (tertiary/aromatic N) is 1. The predicted octanol–water partition coefficient (Wildman–Crippen LogP) is 3.36. The Labute approximate surface area is 103 Å². The number of hydrogen-bond acceptors (Lipinski definition) is 4. The number of rotatable bonds is 3. The Morgan fingerprint density at radius 2 is 2.06 bits per heavy atom. The second kappa shape index (κ2) is 4.82. The van der Waals surface area contributed by atoms with Crippen LogP contribution in [0.3, 0.4) is 0 Å². The van der Waals surface area contributed by atoms with E-state index in [2.05, 4.69) is 4.98 Å². The van der Waals surface area contributed by atoms with Crippen molar-refractivity contribution in [3.63, 3.8) is 0 Å². The molecule has 0 amide bonds. The third-order valence-electron chi connectivity index (χ3n) is 2.04. The molecule has 1 aromatic heterocycles. The van der Waals surface area contributed by atoms with Crippen LogP contribution in [0, 0.1) is 6.92 Å². The smallest absolute Gasteiger partial charge is 0.280 e. The first-order valence-electron chi connectivity index (χ1n) is 4.79. The molecule has 2 aromatic rings. The zero-order valence-corrected chi connectivity index (χ0v) is 10.3. The summed E-state index contributed by atoms with van der Waals surface area (Å²) < 4.78 is 5.56. The van der Waals surface area contributed by atoms with Crippen LogP contribution in [-0.4, -0.2) is 4.98 Å². The lowest BCUT2D eigenvalue weighted by Crippen LogP contribution is -1.92. The second-order valence-electron chi connectivity index (χ2n) is 3.31. The van der Waals surface area contributed by atoms with Gasteiger partial charge in [0, 0.05) is 6.54 Å². The summed E-state index contributed by atoms with van der Waals surface area (Å²) >= 11 is 7.24. The summed E-state index contributed by atoms with van der Waals surface area (Å²) in [7, 11) is 0. The Morgan fingerprint density at radius 1 is 1.38 bits per heavy atom. The lowest BCUT2D eigenvalue weighted by Gasteiger charge is -2.00. The number of aryl methyl sites for hydroxylation is 1. The molecule has 0 aliphatic rings. The van der Waals surface area contributed by atoms with Crippen molar-refractivity contribution in [3.8, 4) is 10.9 Å².